The lowest BCUT2D eigenvalue weighted by molar-refractivity contribution is -0.132. The van der Waals surface area contributed by atoms with Crippen LogP contribution in [0.25, 0.3) is 6.08 Å². The molecule has 10 heteroatoms. The standard InChI is InChI=1S/C38H47N3O7/c1-25-17-34-35(47-24-46-34)20-27(25)13-14-31-30-18-29(22-42)33(45-23-26-11-8-7-9-12-26)21-28(30)19-32(39-31)36(43)40(5)15-10-16-41(6)37(44)48-38(2,3)4/h7-9,11-14,17-18,20-21,31-32,39,42H,10,15-16,19,22-24H2,1-6H3/b14-13+. The lowest BCUT2D eigenvalue weighted by Gasteiger charge is -2.34. The van der Waals surface area contributed by atoms with Gasteiger partial charge in [0, 0.05) is 32.7 Å². The van der Waals surface area contributed by atoms with Crippen LogP contribution in [0.5, 0.6) is 17.2 Å². The fourth-order valence-electron chi connectivity index (χ4n) is 5.84. The van der Waals surface area contributed by atoms with Gasteiger partial charge in [-0.25, -0.2) is 4.79 Å². The van der Waals surface area contributed by atoms with Crippen LogP contribution < -0.4 is 19.5 Å². The fourth-order valence-corrected chi connectivity index (χ4v) is 5.84. The van der Waals surface area contributed by atoms with Crippen LogP contribution in [0.1, 0.15) is 66.6 Å². The maximum absolute atomic E-state index is 13.9. The second-order valence-corrected chi connectivity index (χ2v) is 13.4. The Morgan fingerprint density at radius 2 is 1.73 bits per heavy atom. The molecule has 3 aromatic rings. The molecule has 2 atom stereocenters. The van der Waals surface area contributed by atoms with Gasteiger partial charge in [-0.05, 0) is 92.6 Å². The van der Waals surface area contributed by atoms with Crippen molar-refractivity contribution in [2.45, 2.75) is 71.4 Å². The van der Waals surface area contributed by atoms with Crippen LogP contribution in [-0.2, 0) is 29.2 Å². The van der Waals surface area contributed by atoms with Gasteiger partial charge in [0.1, 0.15) is 18.0 Å². The van der Waals surface area contributed by atoms with Crippen molar-refractivity contribution < 1.29 is 33.6 Å². The smallest absolute Gasteiger partial charge is 0.410 e. The van der Waals surface area contributed by atoms with E-state index in [0.29, 0.717) is 49.6 Å². The first-order chi connectivity index (χ1) is 22.9. The molecule has 0 saturated heterocycles. The SMILES string of the molecule is Cc1cc2c(cc1/C=C/C1NC(C(=O)N(C)CCCN(C)C(=O)OC(C)(C)C)Cc3cc(OCc4ccccc4)c(CO)cc31)OCO2. The van der Waals surface area contributed by atoms with Gasteiger partial charge in [-0.15, -0.1) is 0 Å². The number of likely N-dealkylation sites (N-methyl/N-ethyl adjacent to an activating group) is 1. The lowest BCUT2D eigenvalue weighted by atomic mass is 9.87. The van der Waals surface area contributed by atoms with Crippen LogP contribution in [0.15, 0.2) is 60.7 Å². The second kappa shape index (κ2) is 15.1. The van der Waals surface area contributed by atoms with Crippen molar-refractivity contribution in [1.82, 2.24) is 15.1 Å². The largest absolute Gasteiger partial charge is 0.489 e. The molecule has 2 aliphatic rings. The first kappa shape index (κ1) is 34.8. The molecule has 0 radical (unpaired) electrons. The summed E-state index contributed by atoms with van der Waals surface area (Å²) >= 11 is 0. The summed E-state index contributed by atoms with van der Waals surface area (Å²) in [6, 6.07) is 16.9. The molecule has 2 N–H and O–H groups in total. The van der Waals surface area contributed by atoms with E-state index < -0.39 is 11.6 Å². The van der Waals surface area contributed by atoms with Crippen molar-refractivity contribution in [3.05, 3.63) is 94.1 Å². The predicted octanol–water partition coefficient (Wildman–Crippen LogP) is 5.78. The molecule has 0 aromatic heterocycles. The first-order valence-electron chi connectivity index (χ1n) is 16.4. The second-order valence-electron chi connectivity index (χ2n) is 13.4. The summed E-state index contributed by atoms with van der Waals surface area (Å²) in [5.74, 6) is 1.98. The number of aliphatic hydroxyl groups excluding tert-OH is 1. The fraction of sp³-hybridized carbons (Fsp3) is 0.421. The average molecular weight is 658 g/mol. The number of nitrogens with one attached hydrogen (secondary N) is 1. The molecular weight excluding hydrogens is 610 g/mol. The number of rotatable bonds is 11. The molecule has 0 spiro atoms. The molecule has 2 unspecified atom stereocenters. The van der Waals surface area contributed by atoms with Gasteiger partial charge in [0.25, 0.3) is 0 Å². The summed E-state index contributed by atoms with van der Waals surface area (Å²) in [5.41, 5.74) is 5.10. The molecule has 0 bridgehead atoms. The number of fused-ring (bicyclic) bond motifs is 2. The zero-order chi connectivity index (χ0) is 34.4. The van der Waals surface area contributed by atoms with Crippen LogP contribution >= 0.6 is 0 Å². The highest BCUT2D eigenvalue weighted by molar-refractivity contribution is 5.83. The van der Waals surface area contributed by atoms with E-state index in [2.05, 4.69) is 5.32 Å². The molecule has 256 valence electrons. The Hall–Kier alpha value is -4.54. The van der Waals surface area contributed by atoms with E-state index in [-0.39, 0.29) is 31.4 Å². The Kier molecular flexibility index (Phi) is 11.0. The number of amides is 2. The lowest BCUT2D eigenvalue weighted by Crippen LogP contribution is -2.50. The van der Waals surface area contributed by atoms with E-state index in [0.717, 1.165) is 33.6 Å². The van der Waals surface area contributed by atoms with Crippen molar-refractivity contribution in [3.63, 3.8) is 0 Å². The maximum Gasteiger partial charge on any atom is 0.410 e. The van der Waals surface area contributed by atoms with E-state index in [4.69, 9.17) is 18.9 Å². The molecule has 2 amide bonds. The van der Waals surface area contributed by atoms with E-state index in [1.807, 2.05) is 94.4 Å². The molecule has 5 rings (SSSR count). The number of hydrogen-bond donors (Lipinski definition) is 2. The van der Waals surface area contributed by atoms with E-state index in [9.17, 15) is 14.7 Å². The summed E-state index contributed by atoms with van der Waals surface area (Å²) in [7, 11) is 3.49. The van der Waals surface area contributed by atoms with Gasteiger partial charge in [0.2, 0.25) is 12.7 Å². The van der Waals surface area contributed by atoms with Crippen molar-refractivity contribution >= 4 is 18.1 Å². The molecular formula is C38H47N3O7. The zero-order valence-corrected chi connectivity index (χ0v) is 28.7. The third-order valence-electron chi connectivity index (χ3n) is 8.47. The van der Waals surface area contributed by atoms with Gasteiger partial charge in [0.15, 0.2) is 11.5 Å². The Morgan fingerprint density at radius 1 is 1.02 bits per heavy atom. The van der Waals surface area contributed by atoms with E-state index >= 15 is 0 Å². The molecule has 0 aliphatic carbocycles. The third-order valence-corrected chi connectivity index (χ3v) is 8.47. The summed E-state index contributed by atoms with van der Waals surface area (Å²) in [6.45, 7) is 8.84. The minimum Gasteiger partial charge on any atom is -0.489 e. The van der Waals surface area contributed by atoms with Gasteiger partial charge >= 0.3 is 6.09 Å². The Labute approximate surface area is 283 Å². The Bertz CT molecular complexity index is 1630. The number of carbonyl (C=O) groups excluding carboxylic acids is 2. The maximum atomic E-state index is 13.9. The van der Waals surface area contributed by atoms with Gasteiger partial charge < -0.3 is 33.9 Å². The predicted molar refractivity (Wildman–Crippen MR) is 184 cm³/mol. The van der Waals surface area contributed by atoms with Gasteiger partial charge in [-0.2, -0.15) is 0 Å². The number of carbonyl (C=O) groups is 2. The number of aliphatic hydroxyl groups is 1. The molecule has 10 nitrogen and oxygen atoms in total. The van der Waals surface area contributed by atoms with Crippen molar-refractivity contribution in [2.75, 3.05) is 34.0 Å². The molecule has 0 saturated carbocycles. The average Bonchev–Trinajstić information content (AvgIpc) is 3.51. The quantitative estimate of drug-likeness (QED) is 0.267. The van der Waals surface area contributed by atoms with Crippen molar-refractivity contribution in [1.29, 1.82) is 0 Å². The Balaban J connectivity index is 1.36. The normalized spacial score (nSPS) is 16.8. The van der Waals surface area contributed by atoms with Crippen LogP contribution in [-0.4, -0.2) is 72.5 Å². The minimum atomic E-state index is -0.572. The summed E-state index contributed by atoms with van der Waals surface area (Å²) < 4.78 is 22.8. The third kappa shape index (κ3) is 8.67. The van der Waals surface area contributed by atoms with E-state index in [1.165, 1.54) is 4.90 Å². The van der Waals surface area contributed by atoms with E-state index in [1.54, 1.807) is 19.0 Å². The topological polar surface area (TPSA) is 110 Å². The van der Waals surface area contributed by atoms with Gasteiger partial charge in [-0.3, -0.25) is 10.1 Å². The minimum absolute atomic E-state index is 0.0452. The molecule has 48 heavy (non-hydrogen) atoms. The zero-order valence-electron chi connectivity index (χ0n) is 28.7. The highest BCUT2D eigenvalue weighted by Gasteiger charge is 2.32. The molecule has 2 heterocycles. The van der Waals surface area contributed by atoms with Crippen LogP contribution in [0, 0.1) is 6.92 Å². The Morgan fingerprint density at radius 3 is 2.44 bits per heavy atom. The van der Waals surface area contributed by atoms with Crippen LogP contribution in [0.3, 0.4) is 0 Å². The van der Waals surface area contributed by atoms with Crippen LogP contribution in [0.4, 0.5) is 4.79 Å². The number of benzene rings is 3. The van der Waals surface area contributed by atoms with Gasteiger partial charge in [-0.1, -0.05) is 42.5 Å². The van der Waals surface area contributed by atoms with Crippen molar-refractivity contribution in [3.8, 4) is 17.2 Å². The van der Waals surface area contributed by atoms with Crippen LogP contribution in [0.2, 0.25) is 0 Å². The number of aryl methyl sites for hydroxylation is 1. The summed E-state index contributed by atoms with van der Waals surface area (Å²) in [6.07, 6.45) is 4.74. The summed E-state index contributed by atoms with van der Waals surface area (Å²) in [5, 5.41) is 13.9. The highest BCUT2D eigenvalue weighted by Crippen LogP contribution is 2.37. The number of ether oxygens (including phenoxy) is 4. The highest BCUT2D eigenvalue weighted by atomic mass is 16.7. The first-order valence-corrected chi connectivity index (χ1v) is 16.4. The molecule has 3 aromatic carbocycles. The molecule has 0 fully saturated rings. The number of hydrogen-bond acceptors (Lipinski definition) is 8. The van der Waals surface area contributed by atoms with Gasteiger partial charge in [0.05, 0.1) is 18.7 Å². The summed E-state index contributed by atoms with van der Waals surface area (Å²) in [4.78, 5) is 29.5. The number of nitrogens with zero attached hydrogens (tertiary/aromatic N) is 2. The monoisotopic (exact) mass is 657 g/mol. The molecule has 2 aliphatic heterocycles. The van der Waals surface area contributed by atoms with Crippen molar-refractivity contribution in [2.24, 2.45) is 0 Å².